The van der Waals surface area contributed by atoms with Gasteiger partial charge in [0.05, 0.1) is 17.1 Å². The van der Waals surface area contributed by atoms with Crippen molar-refractivity contribution in [2.75, 3.05) is 11.1 Å². The van der Waals surface area contributed by atoms with E-state index in [1.165, 1.54) is 4.68 Å². The molecule has 0 radical (unpaired) electrons. The van der Waals surface area contributed by atoms with E-state index < -0.39 is 0 Å². The van der Waals surface area contributed by atoms with Gasteiger partial charge in [0, 0.05) is 13.2 Å². The normalized spacial score (nSPS) is 10.6. The summed E-state index contributed by atoms with van der Waals surface area (Å²) in [5, 5.41) is 7.16. The number of hydrogen-bond donors (Lipinski definition) is 2. The smallest absolute Gasteiger partial charge is 0.276 e. The molecule has 106 valence electrons. The first-order chi connectivity index (χ1) is 9.43. The molecule has 20 heavy (non-hydrogen) atoms. The van der Waals surface area contributed by atoms with Crippen LogP contribution in [0.15, 0.2) is 12.3 Å². The molecule has 7 heteroatoms. The van der Waals surface area contributed by atoms with E-state index in [0.29, 0.717) is 29.2 Å². The number of amides is 1. The highest BCUT2D eigenvalue weighted by molar-refractivity contribution is 6.32. The molecule has 0 unspecified atom stereocenters. The summed E-state index contributed by atoms with van der Waals surface area (Å²) >= 11 is 5.96. The minimum Gasteiger partial charge on any atom is -0.395 e. The van der Waals surface area contributed by atoms with Crippen molar-refractivity contribution in [2.45, 2.75) is 20.3 Å². The van der Waals surface area contributed by atoms with Crippen LogP contribution in [0.25, 0.3) is 0 Å². The maximum Gasteiger partial charge on any atom is 0.276 e. The third-order valence-electron chi connectivity index (χ3n) is 2.93. The van der Waals surface area contributed by atoms with Crippen LogP contribution in [0.1, 0.15) is 28.7 Å². The summed E-state index contributed by atoms with van der Waals surface area (Å²) in [6.45, 7) is 3.80. The van der Waals surface area contributed by atoms with Crippen LogP contribution >= 0.6 is 11.6 Å². The van der Waals surface area contributed by atoms with Crippen LogP contribution in [-0.2, 0) is 13.5 Å². The van der Waals surface area contributed by atoms with Crippen molar-refractivity contribution in [3.63, 3.8) is 0 Å². The summed E-state index contributed by atoms with van der Waals surface area (Å²) in [5.74, 6) is -0.355. The van der Waals surface area contributed by atoms with E-state index >= 15 is 0 Å². The lowest BCUT2D eigenvalue weighted by Crippen LogP contribution is -2.18. The van der Waals surface area contributed by atoms with E-state index in [4.69, 9.17) is 17.3 Å². The number of pyridine rings is 1. The number of hydrogen-bond acceptors (Lipinski definition) is 4. The third-order valence-corrected chi connectivity index (χ3v) is 3.24. The van der Waals surface area contributed by atoms with Crippen LogP contribution in [0.5, 0.6) is 0 Å². The Morgan fingerprint density at radius 3 is 2.85 bits per heavy atom. The third kappa shape index (κ3) is 2.60. The second kappa shape index (κ2) is 5.50. The number of nitrogens with zero attached hydrogens (tertiary/aromatic N) is 3. The van der Waals surface area contributed by atoms with Crippen LogP contribution in [-0.4, -0.2) is 20.7 Å². The lowest BCUT2D eigenvalue weighted by Gasteiger charge is -2.08. The Morgan fingerprint density at radius 2 is 2.25 bits per heavy atom. The molecule has 0 fully saturated rings. The second-order valence-corrected chi connectivity index (χ2v) is 4.85. The number of aromatic nitrogens is 3. The molecule has 0 aliphatic carbocycles. The summed E-state index contributed by atoms with van der Waals surface area (Å²) in [7, 11) is 1.68. The van der Waals surface area contributed by atoms with Crippen molar-refractivity contribution in [3.8, 4) is 0 Å². The lowest BCUT2D eigenvalue weighted by atomic mass is 10.2. The van der Waals surface area contributed by atoms with Crippen molar-refractivity contribution in [1.29, 1.82) is 0 Å². The predicted molar refractivity (Wildman–Crippen MR) is 78.9 cm³/mol. The van der Waals surface area contributed by atoms with Gasteiger partial charge in [-0.15, -0.1) is 0 Å². The van der Waals surface area contributed by atoms with Crippen molar-refractivity contribution in [1.82, 2.24) is 14.8 Å². The van der Waals surface area contributed by atoms with Gasteiger partial charge in [0.2, 0.25) is 0 Å². The topological polar surface area (TPSA) is 85.8 Å². The van der Waals surface area contributed by atoms with Gasteiger partial charge in [0.25, 0.3) is 5.91 Å². The number of halogens is 1. The molecule has 0 saturated heterocycles. The number of nitrogen functional groups attached to an aromatic ring is 1. The largest absolute Gasteiger partial charge is 0.395 e. The van der Waals surface area contributed by atoms with Gasteiger partial charge in [-0.3, -0.25) is 9.48 Å². The fourth-order valence-corrected chi connectivity index (χ4v) is 2.10. The lowest BCUT2D eigenvalue weighted by molar-refractivity contribution is 0.101. The summed E-state index contributed by atoms with van der Waals surface area (Å²) in [6.07, 6.45) is 2.30. The molecular formula is C13H16ClN5O. The van der Waals surface area contributed by atoms with Gasteiger partial charge in [0.1, 0.15) is 5.69 Å². The van der Waals surface area contributed by atoms with E-state index in [1.807, 2.05) is 13.8 Å². The average Bonchev–Trinajstić information content (AvgIpc) is 2.68. The van der Waals surface area contributed by atoms with Crippen molar-refractivity contribution >= 4 is 28.9 Å². The molecule has 3 N–H and O–H groups in total. The number of nitrogens with one attached hydrogen (secondary N) is 1. The highest BCUT2D eigenvalue weighted by Crippen LogP contribution is 2.23. The highest BCUT2D eigenvalue weighted by Gasteiger charge is 2.20. The molecule has 0 aliphatic heterocycles. The number of carbonyl (C=O) groups is 1. The molecule has 2 aromatic rings. The van der Waals surface area contributed by atoms with Gasteiger partial charge in [-0.2, -0.15) is 5.10 Å². The number of aryl methyl sites for hydroxylation is 3. The quantitative estimate of drug-likeness (QED) is 0.849. The van der Waals surface area contributed by atoms with E-state index in [-0.39, 0.29) is 11.1 Å². The number of anilines is 2. The Hall–Kier alpha value is -2.08. The van der Waals surface area contributed by atoms with Gasteiger partial charge in [-0.1, -0.05) is 18.5 Å². The number of nitrogens with two attached hydrogens (primary N) is 1. The molecular weight excluding hydrogens is 278 g/mol. The minimum absolute atomic E-state index is 0.236. The molecule has 2 heterocycles. The first-order valence-corrected chi connectivity index (χ1v) is 6.56. The molecule has 0 saturated carbocycles. The van der Waals surface area contributed by atoms with Crippen LogP contribution in [0.2, 0.25) is 5.15 Å². The van der Waals surface area contributed by atoms with Crippen molar-refractivity contribution < 1.29 is 4.79 Å². The van der Waals surface area contributed by atoms with Gasteiger partial charge in [0.15, 0.2) is 5.15 Å². The number of rotatable bonds is 3. The Labute approximate surface area is 121 Å². The number of carbonyl (C=O) groups excluding carboxylic acids is 1. The second-order valence-electron chi connectivity index (χ2n) is 4.49. The van der Waals surface area contributed by atoms with Gasteiger partial charge >= 0.3 is 0 Å². The molecule has 6 nitrogen and oxygen atoms in total. The Balaban J connectivity index is 2.33. The van der Waals surface area contributed by atoms with E-state index in [1.54, 1.807) is 19.3 Å². The fourth-order valence-electron chi connectivity index (χ4n) is 1.95. The molecule has 0 atom stereocenters. The molecule has 2 rings (SSSR count). The first kappa shape index (κ1) is 14.3. The summed E-state index contributed by atoms with van der Waals surface area (Å²) in [6, 6.07) is 1.75. The molecule has 0 aliphatic rings. The Morgan fingerprint density at radius 1 is 1.55 bits per heavy atom. The highest BCUT2D eigenvalue weighted by atomic mass is 35.5. The van der Waals surface area contributed by atoms with Crippen molar-refractivity contribution in [2.24, 2.45) is 7.05 Å². The minimum atomic E-state index is -0.355. The van der Waals surface area contributed by atoms with Gasteiger partial charge in [-0.25, -0.2) is 4.98 Å². The molecule has 0 bridgehead atoms. The van der Waals surface area contributed by atoms with Crippen LogP contribution < -0.4 is 11.1 Å². The van der Waals surface area contributed by atoms with Crippen LogP contribution in [0.4, 0.5) is 11.4 Å². The average molecular weight is 294 g/mol. The molecule has 0 spiro atoms. The maximum atomic E-state index is 12.3. The Kier molecular flexibility index (Phi) is 3.94. The zero-order valence-corrected chi connectivity index (χ0v) is 12.3. The van der Waals surface area contributed by atoms with Crippen molar-refractivity contribution in [3.05, 3.63) is 34.4 Å². The zero-order chi connectivity index (χ0) is 14.9. The van der Waals surface area contributed by atoms with Gasteiger partial charge < -0.3 is 11.1 Å². The monoisotopic (exact) mass is 293 g/mol. The Bertz CT molecular complexity index is 665. The van der Waals surface area contributed by atoms with Crippen LogP contribution in [0, 0.1) is 6.92 Å². The van der Waals surface area contributed by atoms with E-state index in [2.05, 4.69) is 15.4 Å². The van der Waals surface area contributed by atoms with E-state index in [9.17, 15) is 4.79 Å². The van der Waals surface area contributed by atoms with Crippen LogP contribution in [0.3, 0.4) is 0 Å². The predicted octanol–water partition coefficient (Wildman–Crippen LogP) is 2.17. The molecule has 2 aromatic heterocycles. The zero-order valence-electron chi connectivity index (χ0n) is 11.6. The standard InChI is InChI=1S/C13H16ClN5O/c1-4-8-10(15)11(19(3)18-8)13(20)17-9-5-7(2)6-16-12(9)14/h5-6H,4,15H2,1-3H3,(H,17,20). The van der Waals surface area contributed by atoms with Gasteiger partial charge in [-0.05, 0) is 25.0 Å². The summed E-state index contributed by atoms with van der Waals surface area (Å²) in [5.41, 5.74) is 8.71. The first-order valence-electron chi connectivity index (χ1n) is 6.18. The van der Waals surface area contributed by atoms with E-state index in [0.717, 1.165) is 5.56 Å². The SMILES string of the molecule is CCc1nn(C)c(C(=O)Nc2cc(C)cnc2Cl)c1N. The summed E-state index contributed by atoms with van der Waals surface area (Å²) in [4.78, 5) is 16.3. The maximum absolute atomic E-state index is 12.3. The molecule has 1 amide bonds. The molecule has 0 aromatic carbocycles. The fraction of sp³-hybridized carbons (Fsp3) is 0.308. The summed E-state index contributed by atoms with van der Waals surface area (Å²) < 4.78 is 1.47.